The number of piperidine rings is 1. The summed E-state index contributed by atoms with van der Waals surface area (Å²) in [6, 6.07) is 6.18. The fourth-order valence-corrected chi connectivity index (χ4v) is 4.42. The molecule has 1 aromatic rings. The maximum atomic E-state index is 12.5. The Bertz CT molecular complexity index is 848. The SMILES string of the molecule is CCOC(=O)CN(C)S(=O)(=O)c1ccc(CC2CCN(C(=O)C(F)(F)F)CC2)cc1. The minimum atomic E-state index is -4.85. The largest absolute Gasteiger partial charge is 0.471 e. The Kier molecular flexibility index (Phi) is 7.87. The number of hydrogen-bond acceptors (Lipinski definition) is 5. The second kappa shape index (κ2) is 9.78. The van der Waals surface area contributed by atoms with Crippen LogP contribution in [0, 0.1) is 5.92 Å². The molecule has 1 amide bonds. The first-order valence-corrected chi connectivity index (χ1v) is 11.0. The highest BCUT2D eigenvalue weighted by Crippen LogP contribution is 2.26. The number of hydrogen-bond donors (Lipinski definition) is 0. The number of likely N-dealkylation sites (tertiary alicyclic amines) is 1. The molecule has 0 unspecified atom stereocenters. The van der Waals surface area contributed by atoms with E-state index < -0.39 is 34.6 Å². The van der Waals surface area contributed by atoms with Gasteiger partial charge in [-0.2, -0.15) is 17.5 Å². The van der Waals surface area contributed by atoms with E-state index in [2.05, 4.69) is 0 Å². The predicted octanol–water partition coefficient (Wildman–Crippen LogP) is 2.21. The Balaban J connectivity index is 1.94. The summed E-state index contributed by atoms with van der Waals surface area (Å²) in [6.45, 7) is 1.49. The van der Waals surface area contributed by atoms with E-state index in [1.54, 1.807) is 19.1 Å². The van der Waals surface area contributed by atoms with Crippen LogP contribution in [-0.4, -0.2) is 69.0 Å². The molecular weight excluding hydrogens is 425 g/mol. The molecule has 2 rings (SSSR count). The highest BCUT2D eigenvalue weighted by atomic mass is 32.2. The summed E-state index contributed by atoms with van der Waals surface area (Å²) >= 11 is 0. The molecule has 30 heavy (non-hydrogen) atoms. The smallest absolute Gasteiger partial charge is 0.465 e. The topological polar surface area (TPSA) is 84.0 Å². The highest BCUT2D eigenvalue weighted by molar-refractivity contribution is 7.89. The number of likely N-dealkylation sites (N-methyl/N-ethyl adjacent to an activating group) is 1. The van der Waals surface area contributed by atoms with Crippen molar-refractivity contribution in [2.24, 2.45) is 5.92 Å². The van der Waals surface area contributed by atoms with Gasteiger partial charge in [0.05, 0.1) is 11.5 Å². The van der Waals surface area contributed by atoms with Crippen LogP contribution in [0.1, 0.15) is 25.3 Å². The minimum absolute atomic E-state index is 0.0311. The van der Waals surface area contributed by atoms with Crippen LogP contribution in [0.2, 0.25) is 0 Å². The monoisotopic (exact) mass is 450 g/mol. The molecule has 1 aromatic carbocycles. The summed E-state index contributed by atoms with van der Waals surface area (Å²) in [5.41, 5.74) is 0.850. The van der Waals surface area contributed by atoms with Gasteiger partial charge in [-0.1, -0.05) is 12.1 Å². The van der Waals surface area contributed by atoms with Gasteiger partial charge in [0.15, 0.2) is 0 Å². The molecule has 1 saturated heterocycles. The van der Waals surface area contributed by atoms with Gasteiger partial charge in [-0.15, -0.1) is 0 Å². The van der Waals surface area contributed by atoms with Gasteiger partial charge in [0.2, 0.25) is 10.0 Å². The van der Waals surface area contributed by atoms with Gasteiger partial charge >= 0.3 is 18.1 Å². The number of carbonyl (C=O) groups is 2. The molecule has 0 atom stereocenters. The Labute approximate surface area is 173 Å². The summed E-state index contributed by atoms with van der Waals surface area (Å²) in [4.78, 5) is 23.7. The maximum Gasteiger partial charge on any atom is 0.471 e. The zero-order valence-electron chi connectivity index (χ0n) is 16.8. The molecular formula is C19H25F3N2O5S. The van der Waals surface area contributed by atoms with Crippen molar-refractivity contribution in [3.05, 3.63) is 29.8 Å². The van der Waals surface area contributed by atoms with E-state index in [-0.39, 0.29) is 30.5 Å². The molecule has 0 spiro atoms. The van der Waals surface area contributed by atoms with E-state index in [1.165, 1.54) is 19.2 Å². The Morgan fingerprint density at radius 1 is 1.17 bits per heavy atom. The van der Waals surface area contributed by atoms with Crippen molar-refractivity contribution in [2.45, 2.75) is 37.3 Å². The van der Waals surface area contributed by atoms with Crippen molar-refractivity contribution in [3.8, 4) is 0 Å². The zero-order valence-corrected chi connectivity index (χ0v) is 17.6. The molecule has 0 saturated carbocycles. The van der Waals surface area contributed by atoms with Crippen LogP contribution in [-0.2, 0) is 30.8 Å². The highest BCUT2D eigenvalue weighted by Gasteiger charge is 2.43. The normalized spacial score (nSPS) is 16.0. The summed E-state index contributed by atoms with van der Waals surface area (Å²) in [6.07, 6.45) is -3.38. The average Bonchev–Trinajstić information content (AvgIpc) is 2.68. The number of benzene rings is 1. The third kappa shape index (κ3) is 6.18. The minimum Gasteiger partial charge on any atom is -0.465 e. The quantitative estimate of drug-likeness (QED) is 0.595. The van der Waals surface area contributed by atoms with Crippen molar-refractivity contribution in [2.75, 3.05) is 33.3 Å². The lowest BCUT2D eigenvalue weighted by Crippen LogP contribution is -2.45. The Hall–Kier alpha value is -2.14. The summed E-state index contributed by atoms with van der Waals surface area (Å²) in [5.74, 6) is -2.34. The van der Waals surface area contributed by atoms with Gasteiger partial charge in [-0.05, 0) is 49.8 Å². The van der Waals surface area contributed by atoms with Crippen LogP contribution in [0.15, 0.2) is 29.2 Å². The third-order valence-corrected chi connectivity index (χ3v) is 6.77. The van der Waals surface area contributed by atoms with Gasteiger partial charge in [0.1, 0.15) is 6.54 Å². The second-order valence-corrected chi connectivity index (χ2v) is 9.19. The lowest BCUT2D eigenvalue weighted by atomic mass is 9.90. The van der Waals surface area contributed by atoms with Crippen LogP contribution in [0.5, 0.6) is 0 Å². The fraction of sp³-hybridized carbons (Fsp3) is 0.579. The molecule has 0 bridgehead atoms. The first kappa shape index (κ1) is 24.1. The van der Waals surface area contributed by atoms with Gasteiger partial charge in [-0.25, -0.2) is 8.42 Å². The number of amides is 1. The van der Waals surface area contributed by atoms with Crippen LogP contribution in [0.4, 0.5) is 13.2 Å². The molecule has 1 fully saturated rings. The first-order valence-electron chi connectivity index (χ1n) is 9.52. The number of halogens is 3. The van der Waals surface area contributed by atoms with Gasteiger partial charge < -0.3 is 9.64 Å². The number of carbonyl (C=O) groups excluding carboxylic acids is 2. The molecule has 1 aliphatic rings. The second-order valence-electron chi connectivity index (χ2n) is 7.15. The van der Waals surface area contributed by atoms with Gasteiger partial charge in [0, 0.05) is 20.1 Å². The zero-order chi connectivity index (χ0) is 22.5. The Morgan fingerprint density at radius 3 is 2.23 bits per heavy atom. The lowest BCUT2D eigenvalue weighted by Gasteiger charge is -2.32. The van der Waals surface area contributed by atoms with E-state index in [0.717, 1.165) is 14.8 Å². The number of rotatable bonds is 7. The molecule has 0 radical (unpaired) electrons. The first-order chi connectivity index (χ1) is 13.9. The van der Waals surface area contributed by atoms with E-state index >= 15 is 0 Å². The standard InChI is InChI=1S/C19H25F3N2O5S/c1-3-29-17(25)13-23(2)30(27,28)16-6-4-14(5-7-16)12-15-8-10-24(11-9-15)18(26)19(20,21)22/h4-7,15H,3,8-13H2,1-2H3. The fourth-order valence-electron chi connectivity index (χ4n) is 3.30. The van der Waals surface area contributed by atoms with Gasteiger partial charge in [-0.3, -0.25) is 9.59 Å². The third-order valence-electron chi connectivity index (χ3n) is 4.96. The molecule has 1 heterocycles. The molecule has 0 aromatic heterocycles. The molecule has 0 aliphatic carbocycles. The van der Waals surface area contributed by atoms with Crippen molar-refractivity contribution in [1.82, 2.24) is 9.21 Å². The van der Waals surface area contributed by atoms with Crippen LogP contribution in [0.3, 0.4) is 0 Å². The van der Waals surface area contributed by atoms with Crippen LogP contribution >= 0.6 is 0 Å². The maximum absolute atomic E-state index is 12.5. The average molecular weight is 450 g/mol. The van der Waals surface area contributed by atoms with E-state index in [4.69, 9.17) is 4.74 Å². The Morgan fingerprint density at radius 2 is 1.73 bits per heavy atom. The van der Waals surface area contributed by atoms with Crippen LogP contribution < -0.4 is 0 Å². The lowest BCUT2D eigenvalue weighted by molar-refractivity contribution is -0.186. The molecule has 11 heteroatoms. The van der Waals surface area contributed by atoms with E-state index in [9.17, 15) is 31.2 Å². The van der Waals surface area contributed by atoms with Crippen molar-refractivity contribution < 1.29 is 35.9 Å². The van der Waals surface area contributed by atoms with Crippen molar-refractivity contribution in [1.29, 1.82) is 0 Å². The van der Waals surface area contributed by atoms with Crippen LogP contribution in [0.25, 0.3) is 0 Å². The number of sulfonamides is 1. The molecule has 168 valence electrons. The van der Waals surface area contributed by atoms with E-state index in [1.807, 2.05) is 0 Å². The number of ether oxygens (including phenoxy) is 1. The van der Waals surface area contributed by atoms with Gasteiger partial charge in [0.25, 0.3) is 0 Å². The number of nitrogens with zero attached hydrogens (tertiary/aromatic N) is 2. The van der Waals surface area contributed by atoms with E-state index in [0.29, 0.717) is 19.3 Å². The number of alkyl halides is 3. The summed E-state index contributed by atoms with van der Waals surface area (Å²) in [7, 11) is -2.56. The molecule has 0 N–H and O–H groups in total. The molecule has 1 aliphatic heterocycles. The molecule has 7 nitrogen and oxygen atoms in total. The summed E-state index contributed by atoms with van der Waals surface area (Å²) < 4.78 is 68.3. The number of esters is 1. The van der Waals surface area contributed by atoms with Crippen molar-refractivity contribution >= 4 is 21.9 Å². The van der Waals surface area contributed by atoms with Crippen molar-refractivity contribution in [3.63, 3.8) is 0 Å². The summed E-state index contributed by atoms with van der Waals surface area (Å²) in [5, 5.41) is 0. The predicted molar refractivity (Wildman–Crippen MR) is 102 cm³/mol.